The lowest BCUT2D eigenvalue weighted by Gasteiger charge is -2.26. The molecule has 1 aliphatic rings. The Kier molecular flexibility index (Phi) is 5.23. The highest BCUT2D eigenvalue weighted by Gasteiger charge is 2.19. The van der Waals surface area contributed by atoms with Crippen molar-refractivity contribution in [1.29, 1.82) is 0 Å². The lowest BCUT2D eigenvalue weighted by atomic mass is 9.89. The van der Waals surface area contributed by atoms with E-state index in [2.05, 4.69) is 24.4 Å². The fourth-order valence-corrected chi connectivity index (χ4v) is 2.90. The van der Waals surface area contributed by atoms with Crippen LogP contribution < -0.4 is 15.8 Å². The maximum atomic E-state index is 6.42. The van der Waals surface area contributed by atoms with Gasteiger partial charge in [-0.25, -0.2) is 0 Å². The highest BCUT2D eigenvalue weighted by atomic mass is 16.5. The maximum absolute atomic E-state index is 6.42. The number of piperidine rings is 1. The molecule has 3 N–H and O–H groups in total. The highest BCUT2D eigenvalue weighted by Crippen LogP contribution is 2.30. The normalized spacial score (nSPS) is 21.1. The molecule has 0 radical (unpaired) electrons. The molecule has 0 aromatic heterocycles. The standard InChI is InChI=1S/C16H26N2O/c1-3-12-6-7-16(19-2)14(9-12)15(17)10-13-5-4-8-18-11-13/h6-7,9,13,15,18H,3-5,8,10-11,17H2,1-2H3. The predicted molar refractivity (Wildman–Crippen MR) is 79.5 cm³/mol. The van der Waals surface area contributed by atoms with Crippen molar-refractivity contribution in [3.05, 3.63) is 29.3 Å². The Hall–Kier alpha value is -1.06. The first-order valence-electron chi connectivity index (χ1n) is 7.37. The second-order valence-corrected chi connectivity index (χ2v) is 5.48. The van der Waals surface area contributed by atoms with Gasteiger partial charge in [-0.1, -0.05) is 19.1 Å². The summed E-state index contributed by atoms with van der Waals surface area (Å²) >= 11 is 0. The van der Waals surface area contributed by atoms with Gasteiger partial charge in [-0.3, -0.25) is 0 Å². The molecule has 106 valence electrons. The molecule has 0 amide bonds. The molecule has 1 aromatic rings. The fraction of sp³-hybridized carbons (Fsp3) is 0.625. The topological polar surface area (TPSA) is 47.3 Å². The zero-order valence-corrected chi connectivity index (χ0v) is 12.1. The van der Waals surface area contributed by atoms with Crippen molar-refractivity contribution >= 4 is 0 Å². The molecule has 1 heterocycles. The summed E-state index contributed by atoms with van der Waals surface area (Å²) in [6, 6.07) is 6.45. The van der Waals surface area contributed by atoms with E-state index in [1.165, 1.54) is 18.4 Å². The van der Waals surface area contributed by atoms with E-state index < -0.39 is 0 Å². The van der Waals surface area contributed by atoms with Crippen molar-refractivity contribution in [3.63, 3.8) is 0 Å². The van der Waals surface area contributed by atoms with E-state index in [0.29, 0.717) is 5.92 Å². The minimum Gasteiger partial charge on any atom is -0.496 e. The van der Waals surface area contributed by atoms with Gasteiger partial charge in [-0.05, 0) is 56.3 Å². The van der Waals surface area contributed by atoms with Gasteiger partial charge < -0.3 is 15.8 Å². The van der Waals surface area contributed by atoms with Gasteiger partial charge in [0.1, 0.15) is 5.75 Å². The van der Waals surface area contributed by atoms with Crippen LogP contribution in [0, 0.1) is 5.92 Å². The molecule has 3 heteroatoms. The van der Waals surface area contributed by atoms with E-state index in [-0.39, 0.29) is 6.04 Å². The lowest BCUT2D eigenvalue weighted by molar-refractivity contribution is 0.331. The number of hydrogen-bond donors (Lipinski definition) is 2. The molecule has 0 bridgehead atoms. The minimum atomic E-state index is 0.0753. The molecule has 0 aliphatic carbocycles. The second kappa shape index (κ2) is 6.92. The molecule has 3 nitrogen and oxygen atoms in total. The molecular weight excluding hydrogens is 236 g/mol. The number of ether oxygens (including phenoxy) is 1. The van der Waals surface area contributed by atoms with E-state index >= 15 is 0 Å². The Morgan fingerprint density at radius 1 is 1.47 bits per heavy atom. The van der Waals surface area contributed by atoms with Crippen LogP contribution in [0.15, 0.2) is 18.2 Å². The van der Waals surface area contributed by atoms with Crippen molar-refractivity contribution in [2.24, 2.45) is 11.7 Å². The Bertz CT molecular complexity index is 400. The molecular formula is C16H26N2O. The summed E-state index contributed by atoms with van der Waals surface area (Å²) < 4.78 is 5.46. The number of methoxy groups -OCH3 is 1. The van der Waals surface area contributed by atoms with Gasteiger partial charge in [0.2, 0.25) is 0 Å². The molecule has 2 rings (SSSR count). The van der Waals surface area contributed by atoms with Gasteiger partial charge >= 0.3 is 0 Å². The monoisotopic (exact) mass is 262 g/mol. The quantitative estimate of drug-likeness (QED) is 0.857. The van der Waals surface area contributed by atoms with Gasteiger partial charge in [0.05, 0.1) is 7.11 Å². The molecule has 1 aliphatic heterocycles. The third-order valence-corrected chi connectivity index (χ3v) is 4.09. The van der Waals surface area contributed by atoms with Crippen LogP contribution in [0.3, 0.4) is 0 Å². The van der Waals surface area contributed by atoms with Crippen molar-refractivity contribution < 1.29 is 4.74 Å². The van der Waals surface area contributed by atoms with Gasteiger partial charge in [0.15, 0.2) is 0 Å². The van der Waals surface area contributed by atoms with Gasteiger partial charge in [0, 0.05) is 11.6 Å². The number of nitrogens with two attached hydrogens (primary N) is 1. The number of aryl methyl sites for hydroxylation is 1. The Morgan fingerprint density at radius 2 is 2.32 bits per heavy atom. The summed E-state index contributed by atoms with van der Waals surface area (Å²) in [5.74, 6) is 1.62. The largest absolute Gasteiger partial charge is 0.496 e. The van der Waals surface area contributed by atoms with Gasteiger partial charge in [-0.2, -0.15) is 0 Å². The zero-order valence-electron chi connectivity index (χ0n) is 12.1. The summed E-state index contributed by atoms with van der Waals surface area (Å²) in [5, 5.41) is 3.46. The van der Waals surface area contributed by atoms with Crippen LogP contribution in [0.4, 0.5) is 0 Å². The van der Waals surface area contributed by atoms with E-state index in [1.807, 2.05) is 6.07 Å². The fourth-order valence-electron chi connectivity index (χ4n) is 2.90. The first-order chi connectivity index (χ1) is 9.24. The first-order valence-corrected chi connectivity index (χ1v) is 7.37. The Morgan fingerprint density at radius 3 is 2.95 bits per heavy atom. The Labute approximate surface area is 116 Å². The maximum Gasteiger partial charge on any atom is 0.123 e. The SMILES string of the molecule is CCc1ccc(OC)c(C(N)CC2CCCNC2)c1. The van der Waals surface area contributed by atoms with E-state index in [1.54, 1.807) is 7.11 Å². The molecule has 0 spiro atoms. The summed E-state index contributed by atoms with van der Waals surface area (Å²) in [6.07, 6.45) is 4.63. The summed E-state index contributed by atoms with van der Waals surface area (Å²) in [5.41, 5.74) is 8.90. The third kappa shape index (κ3) is 3.71. The second-order valence-electron chi connectivity index (χ2n) is 5.48. The van der Waals surface area contributed by atoms with Crippen LogP contribution in [-0.2, 0) is 6.42 Å². The summed E-state index contributed by atoms with van der Waals surface area (Å²) in [7, 11) is 1.72. The molecule has 1 saturated heterocycles. The average molecular weight is 262 g/mol. The lowest BCUT2D eigenvalue weighted by Crippen LogP contribution is -2.31. The molecule has 19 heavy (non-hydrogen) atoms. The van der Waals surface area contributed by atoms with E-state index in [0.717, 1.165) is 37.2 Å². The van der Waals surface area contributed by atoms with Crippen LogP contribution in [0.5, 0.6) is 5.75 Å². The highest BCUT2D eigenvalue weighted by molar-refractivity contribution is 5.39. The zero-order chi connectivity index (χ0) is 13.7. The number of benzene rings is 1. The predicted octanol–water partition coefficient (Wildman–Crippen LogP) is 2.65. The van der Waals surface area contributed by atoms with E-state index in [9.17, 15) is 0 Å². The van der Waals surface area contributed by atoms with Gasteiger partial charge in [0.25, 0.3) is 0 Å². The third-order valence-electron chi connectivity index (χ3n) is 4.09. The average Bonchev–Trinajstić information content (AvgIpc) is 2.47. The number of nitrogens with one attached hydrogen (secondary N) is 1. The first kappa shape index (κ1) is 14.4. The molecule has 1 fully saturated rings. The minimum absolute atomic E-state index is 0.0753. The van der Waals surface area contributed by atoms with Crippen molar-refractivity contribution in [2.75, 3.05) is 20.2 Å². The molecule has 1 aromatic carbocycles. The molecule has 2 atom stereocenters. The van der Waals surface area contributed by atoms with Crippen LogP contribution in [-0.4, -0.2) is 20.2 Å². The van der Waals surface area contributed by atoms with Crippen molar-refractivity contribution in [1.82, 2.24) is 5.32 Å². The van der Waals surface area contributed by atoms with E-state index in [4.69, 9.17) is 10.5 Å². The number of rotatable bonds is 5. The number of hydrogen-bond acceptors (Lipinski definition) is 3. The van der Waals surface area contributed by atoms with Crippen LogP contribution in [0.2, 0.25) is 0 Å². The Balaban J connectivity index is 2.09. The van der Waals surface area contributed by atoms with Crippen LogP contribution in [0.1, 0.15) is 43.4 Å². The summed E-state index contributed by atoms with van der Waals surface area (Å²) in [4.78, 5) is 0. The smallest absolute Gasteiger partial charge is 0.123 e. The van der Waals surface area contributed by atoms with Crippen molar-refractivity contribution in [3.8, 4) is 5.75 Å². The summed E-state index contributed by atoms with van der Waals surface area (Å²) in [6.45, 7) is 4.42. The van der Waals surface area contributed by atoms with Gasteiger partial charge in [-0.15, -0.1) is 0 Å². The van der Waals surface area contributed by atoms with Crippen LogP contribution >= 0.6 is 0 Å². The van der Waals surface area contributed by atoms with Crippen LogP contribution in [0.25, 0.3) is 0 Å². The molecule has 2 unspecified atom stereocenters. The molecule has 0 saturated carbocycles. The van der Waals surface area contributed by atoms with Crippen molar-refractivity contribution in [2.45, 2.75) is 38.6 Å².